The summed E-state index contributed by atoms with van der Waals surface area (Å²) in [5, 5.41) is 13.5. The molecular formula is C17H26N2O8. The number of aliphatic carboxylic acids is 1. The van der Waals surface area contributed by atoms with Crippen LogP contribution < -0.4 is 10.6 Å². The van der Waals surface area contributed by atoms with E-state index < -0.39 is 41.7 Å². The molecule has 10 nitrogen and oxygen atoms in total. The van der Waals surface area contributed by atoms with Crippen LogP contribution in [-0.4, -0.2) is 67.0 Å². The minimum atomic E-state index is -1.12. The van der Waals surface area contributed by atoms with Gasteiger partial charge in [-0.3, -0.25) is 24.0 Å². The van der Waals surface area contributed by atoms with Gasteiger partial charge in [0.15, 0.2) is 5.78 Å². The second kappa shape index (κ2) is 13.5. The molecule has 10 heteroatoms. The molecule has 0 saturated heterocycles. The third kappa shape index (κ3) is 11.5. The van der Waals surface area contributed by atoms with Crippen molar-refractivity contribution in [3.63, 3.8) is 0 Å². The van der Waals surface area contributed by atoms with Gasteiger partial charge in [-0.05, 0) is 20.4 Å². The number of hydrogen-bond donors (Lipinski definition) is 3. The van der Waals surface area contributed by atoms with Gasteiger partial charge in [-0.1, -0.05) is 6.08 Å². The van der Waals surface area contributed by atoms with Crippen molar-refractivity contribution in [3.05, 3.63) is 12.7 Å². The highest BCUT2D eigenvalue weighted by atomic mass is 16.5. The van der Waals surface area contributed by atoms with Gasteiger partial charge in [0.1, 0.15) is 6.61 Å². The van der Waals surface area contributed by atoms with Crippen molar-refractivity contribution in [1.29, 1.82) is 0 Å². The van der Waals surface area contributed by atoms with Crippen LogP contribution in [0, 0.1) is 0 Å². The maximum absolute atomic E-state index is 12.3. The molecule has 0 aliphatic carbocycles. The van der Waals surface area contributed by atoms with E-state index in [2.05, 4.69) is 17.2 Å². The zero-order valence-electron chi connectivity index (χ0n) is 15.5. The first kappa shape index (κ1) is 24.2. The van der Waals surface area contributed by atoms with Gasteiger partial charge >= 0.3 is 17.9 Å². The largest absolute Gasteiger partial charge is 0.481 e. The molecule has 0 aromatic rings. The van der Waals surface area contributed by atoms with Crippen LogP contribution in [0.3, 0.4) is 0 Å². The SMILES string of the molecule is C=CCCOC(=O)CC(NC(=O)C(CC(=O)OCCC(=O)O)NC)C(C)=O. The quantitative estimate of drug-likeness (QED) is 0.205. The number of esters is 2. The molecule has 3 N–H and O–H groups in total. The van der Waals surface area contributed by atoms with Crippen LogP contribution in [0.15, 0.2) is 12.7 Å². The van der Waals surface area contributed by atoms with Crippen molar-refractivity contribution in [2.24, 2.45) is 0 Å². The van der Waals surface area contributed by atoms with Crippen LogP contribution in [0.4, 0.5) is 0 Å². The summed E-state index contributed by atoms with van der Waals surface area (Å²) in [4.78, 5) is 57.7. The zero-order valence-corrected chi connectivity index (χ0v) is 15.5. The summed E-state index contributed by atoms with van der Waals surface area (Å²) >= 11 is 0. The van der Waals surface area contributed by atoms with E-state index in [0.717, 1.165) is 0 Å². The standard InChI is InChI=1S/C17H26N2O8/c1-4-5-7-26-15(23)9-12(11(2)20)19-17(25)13(18-3)10-16(24)27-8-6-14(21)22/h4,12-13,18H,1,5-10H2,2-3H3,(H,19,25)(H,21,22). The minimum Gasteiger partial charge on any atom is -0.481 e. The highest BCUT2D eigenvalue weighted by molar-refractivity contribution is 5.93. The van der Waals surface area contributed by atoms with Gasteiger partial charge in [0.25, 0.3) is 0 Å². The lowest BCUT2D eigenvalue weighted by molar-refractivity contribution is -0.149. The molecule has 0 aromatic carbocycles. The van der Waals surface area contributed by atoms with E-state index in [1.807, 2.05) is 0 Å². The summed E-state index contributed by atoms with van der Waals surface area (Å²) in [6.45, 7) is 4.53. The first-order valence-corrected chi connectivity index (χ1v) is 8.33. The molecule has 0 rings (SSSR count). The van der Waals surface area contributed by atoms with E-state index in [9.17, 15) is 24.0 Å². The number of ether oxygens (including phenoxy) is 2. The Bertz CT molecular complexity index is 561. The fourth-order valence-corrected chi connectivity index (χ4v) is 1.85. The summed E-state index contributed by atoms with van der Waals surface area (Å²) in [5.41, 5.74) is 0. The lowest BCUT2D eigenvalue weighted by Gasteiger charge is -2.20. The fourth-order valence-electron chi connectivity index (χ4n) is 1.85. The molecule has 1 amide bonds. The number of carbonyl (C=O) groups excluding carboxylic acids is 4. The van der Waals surface area contributed by atoms with Crippen LogP contribution in [0.2, 0.25) is 0 Å². The Hall–Kier alpha value is -2.75. The monoisotopic (exact) mass is 386 g/mol. The van der Waals surface area contributed by atoms with Gasteiger partial charge in [0.2, 0.25) is 5.91 Å². The van der Waals surface area contributed by atoms with E-state index >= 15 is 0 Å². The van der Waals surface area contributed by atoms with Crippen LogP contribution in [0.5, 0.6) is 0 Å². The van der Waals surface area contributed by atoms with Crippen LogP contribution in [-0.2, 0) is 33.4 Å². The van der Waals surface area contributed by atoms with Crippen LogP contribution >= 0.6 is 0 Å². The second-order valence-corrected chi connectivity index (χ2v) is 5.58. The molecule has 2 atom stereocenters. The molecule has 0 aliphatic rings. The number of amides is 1. The molecule has 27 heavy (non-hydrogen) atoms. The average Bonchev–Trinajstić information content (AvgIpc) is 2.58. The average molecular weight is 386 g/mol. The summed E-state index contributed by atoms with van der Waals surface area (Å²) < 4.78 is 9.63. The van der Waals surface area contributed by atoms with Crippen LogP contribution in [0.1, 0.15) is 32.6 Å². The highest BCUT2D eigenvalue weighted by Gasteiger charge is 2.27. The Kier molecular flexibility index (Phi) is 12.1. The molecule has 0 heterocycles. The third-order valence-corrected chi connectivity index (χ3v) is 3.38. The number of likely N-dealkylation sites (N-methyl/N-ethyl adjacent to an activating group) is 1. The van der Waals surface area contributed by atoms with Crippen molar-refractivity contribution >= 4 is 29.6 Å². The predicted molar refractivity (Wildman–Crippen MR) is 93.7 cm³/mol. The highest BCUT2D eigenvalue weighted by Crippen LogP contribution is 2.02. The van der Waals surface area contributed by atoms with Gasteiger partial charge in [-0.25, -0.2) is 0 Å². The number of hydrogen-bond acceptors (Lipinski definition) is 8. The molecule has 0 saturated carbocycles. The lowest BCUT2D eigenvalue weighted by Crippen LogP contribution is -2.50. The minimum absolute atomic E-state index is 0.127. The Morgan fingerprint density at radius 1 is 1.04 bits per heavy atom. The number of carboxylic acid groups (broad SMARTS) is 1. The molecule has 0 bridgehead atoms. The number of Topliss-reactive ketones (excluding diaryl/α,β-unsaturated/α-hetero) is 1. The summed E-state index contributed by atoms with van der Waals surface area (Å²) in [6, 6.07) is -2.10. The van der Waals surface area contributed by atoms with E-state index in [0.29, 0.717) is 6.42 Å². The molecule has 0 spiro atoms. The number of rotatable bonds is 14. The number of nitrogens with one attached hydrogen (secondary N) is 2. The molecule has 0 aliphatic heterocycles. The Labute approximate surface area is 157 Å². The Morgan fingerprint density at radius 2 is 1.59 bits per heavy atom. The maximum atomic E-state index is 12.3. The summed E-state index contributed by atoms with van der Waals surface area (Å²) in [6.07, 6.45) is 0.996. The number of carbonyl (C=O) groups is 5. The molecule has 0 fully saturated rings. The van der Waals surface area contributed by atoms with Crippen molar-refractivity contribution < 1.29 is 38.6 Å². The molecular weight excluding hydrogens is 360 g/mol. The first-order valence-electron chi connectivity index (χ1n) is 8.33. The molecule has 0 aromatic heterocycles. The van der Waals surface area contributed by atoms with E-state index in [1.165, 1.54) is 14.0 Å². The molecule has 2 unspecified atom stereocenters. The smallest absolute Gasteiger partial charge is 0.308 e. The van der Waals surface area contributed by atoms with Gasteiger partial charge in [0.05, 0.1) is 38.0 Å². The van der Waals surface area contributed by atoms with Crippen LogP contribution in [0.25, 0.3) is 0 Å². The molecule has 0 radical (unpaired) electrons. The Morgan fingerprint density at radius 3 is 2.07 bits per heavy atom. The van der Waals surface area contributed by atoms with Crippen molar-refractivity contribution in [3.8, 4) is 0 Å². The van der Waals surface area contributed by atoms with Gasteiger partial charge < -0.3 is 25.2 Å². The van der Waals surface area contributed by atoms with E-state index in [-0.39, 0.29) is 32.5 Å². The third-order valence-electron chi connectivity index (χ3n) is 3.38. The van der Waals surface area contributed by atoms with E-state index in [1.54, 1.807) is 6.08 Å². The maximum Gasteiger partial charge on any atom is 0.308 e. The zero-order chi connectivity index (χ0) is 20.8. The predicted octanol–water partition coefficient (Wildman–Crippen LogP) is -0.434. The topological polar surface area (TPSA) is 148 Å². The van der Waals surface area contributed by atoms with Gasteiger partial charge in [-0.15, -0.1) is 6.58 Å². The van der Waals surface area contributed by atoms with Gasteiger partial charge in [0, 0.05) is 0 Å². The normalized spacial score (nSPS) is 12.4. The van der Waals surface area contributed by atoms with E-state index in [4.69, 9.17) is 14.6 Å². The lowest BCUT2D eigenvalue weighted by atomic mass is 10.1. The fraction of sp³-hybridized carbons (Fsp3) is 0.588. The molecule has 152 valence electrons. The summed E-state index contributed by atoms with van der Waals surface area (Å²) in [7, 11) is 1.43. The number of ketones is 1. The van der Waals surface area contributed by atoms with Crippen molar-refractivity contribution in [1.82, 2.24) is 10.6 Å². The second-order valence-electron chi connectivity index (χ2n) is 5.58. The summed E-state index contributed by atoms with van der Waals surface area (Å²) in [5.74, 6) is -3.65. The first-order chi connectivity index (χ1) is 12.7. The van der Waals surface area contributed by atoms with Crippen molar-refractivity contribution in [2.45, 2.75) is 44.7 Å². The Balaban J connectivity index is 4.62. The number of carboxylic acids is 1. The van der Waals surface area contributed by atoms with Gasteiger partial charge in [-0.2, -0.15) is 0 Å². The van der Waals surface area contributed by atoms with Crippen molar-refractivity contribution in [2.75, 3.05) is 20.3 Å².